The van der Waals surface area contributed by atoms with Crippen LogP contribution in [0.5, 0.6) is 23.0 Å². The number of hydrogen-bond donors (Lipinski definition) is 0. The van der Waals surface area contributed by atoms with Gasteiger partial charge in [0.15, 0.2) is 17.3 Å². The van der Waals surface area contributed by atoms with Gasteiger partial charge in [0.1, 0.15) is 17.1 Å². The number of hydrogen-bond acceptors (Lipinski definition) is 6. The average molecular weight is 452 g/mol. The van der Waals surface area contributed by atoms with Gasteiger partial charge < -0.3 is 23.8 Å². The monoisotopic (exact) mass is 451 g/mol. The lowest BCUT2D eigenvalue weighted by atomic mass is 9.82. The number of carbonyl (C=O) groups excluding carboxylic acids is 2. The first kappa shape index (κ1) is 22.7. The largest absolute Gasteiger partial charge is 0.497 e. The molecule has 2 heterocycles. The van der Waals surface area contributed by atoms with Crippen LogP contribution in [0.3, 0.4) is 0 Å². The molecule has 4 rings (SSSR count). The molecule has 33 heavy (non-hydrogen) atoms. The average Bonchev–Trinajstić information content (AvgIpc) is 2.83. The summed E-state index contributed by atoms with van der Waals surface area (Å²) in [5, 5.41) is 0. The Balaban J connectivity index is 1.39. The van der Waals surface area contributed by atoms with E-state index >= 15 is 0 Å². The van der Waals surface area contributed by atoms with E-state index in [0.717, 1.165) is 5.56 Å². The van der Waals surface area contributed by atoms with Crippen LogP contribution in [0.4, 0.5) is 0 Å². The van der Waals surface area contributed by atoms with Crippen LogP contribution < -0.4 is 18.9 Å². The van der Waals surface area contributed by atoms with Crippen molar-refractivity contribution in [2.45, 2.75) is 31.8 Å². The smallest absolute Gasteiger partial charge is 0.246 e. The Labute approximate surface area is 193 Å². The fourth-order valence-corrected chi connectivity index (χ4v) is 4.35. The Kier molecular flexibility index (Phi) is 6.58. The van der Waals surface area contributed by atoms with Gasteiger partial charge in [-0.15, -0.1) is 0 Å². The van der Waals surface area contributed by atoms with E-state index in [1.54, 1.807) is 49.5 Å². The molecule has 0 radical (unpaired) electrons. The third kappa shape index (κ3) is 4.82. The minimum Gasteiger partial charge on any atom is -0.497 e. The second-order valence-corrected chi connectivity index (χ2v) is 8.25. The molecule has 2 aliphatic heterocycles. The summed E-state index contributed by atoms with van der Waals surface area (Å²) >= 11 is 0. The zero-order valence-corrected chi connectivity index (χ0v) is 19.3. The third-order valence-electron chi connectivity index (χ3n) is 6.19. The maximum Gasteiger partial charge on any atom is 0.246 e. The quantitative estimate of drug-likeness (QED) is 0.615. The molecule has 1 amide bonds. The Morgan fingerprint density at radius 1 is 1.09 bits per heavy atom. The van der Waals surface area contributed by atoms with Crippen LogP contribution in [-0.4, -0.2) is 56.1 Å². The fourth-order valence-electron chi connectivity index (χ4n) is 4.35. The lowest BCUT2D eigenvalue weighted by molar-refractivity contribution is -0.129. The first-order valence-electron chi connectivity index (χ1n) is 11.1. The number of rotatable bonds is 6. The minimum absolute atomic E-state index is 0.0549. The molecule has 2 aromatic rings. The van der Waals surface area contributed by atoms with Crippen LogP contribution in [0.1, 0.15) is 42.1 Å². The van der Waals surface area contributed by atoms with Gasteiger partial charge in [0.2, 0.25) is 5.91 Å². The second kappa shape index (κ2) is 9.57. The van der Waals surface area contributed by atoms with Gasteiger partial charge in [-0.3, -0.25) is 9.59 Å². The van der Waals surface area contributed by atoms with Crippen molar-refractivity contribution < 1.29 is 28.5 Å². The van der Waals surface area contributed by atoms with E-state index in [0.29, 0.717) is 67.5 Å². The highest BCUT2D eigenvalue weighted by Gasteiger charge is 2.43. The molecule has 0 saturated carbocycles. The van der Waals surface area contributed by atoms with E-state index in [4.69, 9.17) is 18.9 Å². The maximum atomic E-state index is 12.8. The number of benzene rings is 2. The molecule has 0 aromatic heterocycles. The SMILES string of the molecule is CCOc1ccc(/C=C/C(=O)N2CCC3(CC2)CC(=O)c2cc(OC)ccc2O3)cc1OC. The van der Waals surface area contributed by atoms with Crippen LogP contribution in [-0.2, 0) is 4.79 Å². The van der Waals surface area contributed by atoms with E-state index in [2.05, 4.69) is 0 Å². The first-order chi connectivity index (χ1) is 16.0. The highest BCUT2D eigenvalue weighted by molar-refractivity contribution is 6.00. The van der Waals surface area contributed by atoms with E-state index in [9.17, 15) is 9.59 Å². The Morgan fingerprint density at radius 3 is 2.58 bits per heavy atom. The molecule has 0 aliphatic carbocycles. The number of ketones is 1. The number of carbonyl (C=O) groups is 2. The van der Waals surface area contributed by atoms with E-state index in [1.807, 2.05) is 25.1 Å². The highest BCUT2D eigenvalue weighted by Crippen LogP contribution is 2.40. The molecule has 1 fully saturated rings. The van der Waals surface area contributed by atoms with Gasteiger partial charge in [0.25, 0.3) is 0 Å². The van der Waals surface area contributed by atoms with Crippen LogP contribution in [0, 0.1) is 0 Å². The van der Waals surface area contributed by atoms with Crippen molar-refractivity contribution in [3.63, 3.8) is 0 Å². The molecule has 0 unspecified atom stereocenters. The van der Waals surface area contributed by atoms with Crippen LogP contribution in [0.25, 0.3) is 6.08 Å². The van der Waals surface area contributed by atoms with Gasteiger partial charge in [-0.05, 0) is 48.9 Å². The molecule has 174 valence electrons. The van der Waals surface area contributed by atoms with Crippen LogP contribution in [0.15, 0.2) is 42.5 Å². The molecule has 2 aromatic carbocycles. The molecule has 1 spiro atoms. The predicted molar refractivity (Wildman–Crippen MR) is 124 cm³/mol. The number of likely N-dealkylation sites (tertiary alicyclic amines) is 1. The number of amides is 1. The summed E-state index contributed by atoms with van der Waals surface area (Å²) in [7, 11) is 3.16. The molecular formula is C26H29NO6. The normalized spacial score (nSPS) is 16.9. The zero-order chi connectivity index (χ0) is 23.4. The van der Waals surface area contributed by atoms with Crippen molar-refractivity contribution in [1.29, 1.82) is 0 Å². The molecule has 0 bridgehead atoms. The lowest BCUT2D eigenvalue weighted by Gasteiger charge is -2.43. The molecule has 7 heteroatoms. The molecular weight excluding hydrogens is 422 g/mol. The van der Waals surface area contributed by atoms with E-state index < -0.39 is 5.60 Å². The van der Waals surface area contributed by atoms with Crippen molar-refractivity contribution in [2.75, 3.05) is 33.9 Å². The Bertz CT molecular complexity index is 1070. The maximum absolute atomic E-state index is 12.8. The highest BCUT2D eigenvalue weighted by atomic mass is 16.5. The Hall–Kier alpha value is -3.48. The molecule has 1 saturated heterocycles. The van der Waals surface area contributed by atoms with Gasteiger partial charge in [0, 0.05) is 32.0 Å². The molecule has 0 N–H and O–H groups in total. The van der Waals surface area contributed by atoms with Crippen molar-refractivity contribution in [1.82, 2.24) is 4.90 Å². The van der Waals surface area contributed by atoms with Gasteiger partial charge >= 0.3 is 0 Å². The van der Waals surface area contributed by atoms with E-state index in [1.165, 1.54) is 0 Å². The Morgan fingerprint density at radius 2 is 1.88 bits per heavy atom. The molecule has 2 aliphatic rings. The number of Topliss-reactive ketones (excluding diaryl/α,β-unsaturated/α-hetero) is 1. The molecule has 0 atom stereocenters. The number of methoxy groups -OCH3 is 2. The van der Waals surface area contributed by atoms with Gasteiger partial charge in [0.05, 0.1) is 32.8 Å². The predicted octanol–water partition coefficient (Wildman–Crippen LogP) is 4.14. The summed E-state index contributed by atoms with van der Waals surface area (Å²) in [4.78, 5) is 27.3. The summed E-state index contributed by atoms with van der Waals surface area (Å²) in [5.74, 6) is 2.52. The van der Waals surface area contributed by atoms with Crippen LogP contribution in [0.2, 0.25) is 0 Å². The number of fused-ring (bicyclic) bond motifs is 1. The van der Waals surface area contributed by atoms with Crippen LogP contribution >= 0.6 is 0 Å². The second-order valence-electron chi connectivity index (χ2n) is 8.25. The third-order valence-corrected chi connectivity index (χ3v) is 6.19. The van der Waals surface area contributed by atoms with Gasteiger partial charge in [-0.1, -0.05) is 6.07 Å². The fraction of sp³-hybridized carbons (Fsp3) is 0.385. The standard InChI is InChI=1S/C26H29NO6/c1-4-32-23-8-5-18(15-24(23)31-3)6-10-25(29)27-13-11-26(12-14-27)17-21(28)20-16-19(30-2)7-9-22(20)33-26/h5-10,15-16H,4,11-14,17H2,1-3H3/b10-6+. The van der Waals surface area contributed by atoms with Crippen molar-refractivity contribution in [2.24, 2.45) is 0 Å². The molecule has 7 nitrogen and oxygen atoms in total. The number of nitrogens with zero attached hydrogens (tertiary/aromatic N) is 1. The summed E-state index contributed by atoms with van der Waals surface area (Å²) in [5.41, 5.74) is 0.860. The first-order valence-corrected chi connectivity index (χ1v) is 11.1. The number of ether oxygens (including phenoxy) is 4. The minimum atomic E-state index is -0.554. The van der Waals surface area contributed by atoms with Crippen molar-refractivity contribution in [3.8, 4) is 23.0 Å². The van der Waals surface area contributed by atoms with E-state index in [-0.39, 0.29) is 11.7 Å². The zero-order valence-electron chi connectivity index (χ0n) is 19.3. The topological polar surface area (TPSA) is 74.3 Å². The summed E-state index contributed by atoms with van der Waals surface area (Å²) < 4.78 is 22.4. The van der Waals surface area contributed by atoms with Crippen molar-refractivity contribution >= 4 is 17.8 Å². The summed E-state index contributed by atoms with van der Waals surface area (Å²) in [6, 6.07) is 10.9. The lowest BCUT2D eigenvalue weighted by Crippen LogP contribution is -2.52. The van der Waals surface area contributed by atoms with Crippen molar-refractivity contribution in [3.05, 3.63) is 53.6 Å². The summed E-state index contributed by atoms with van der Waals surface area (Å²) in [6.45, 7) is 3.54. The number of piperidine rings is 1. The summed E-state index contributed by atoms with van der Waals surface area (Å²) in [6.07, 6.45) is 4.88. The van der Waals surface area contributed by atoms with Gasteiger partial charge in [-0.2, -0.15) is 0 Å². The van der Waals surface area contributed by atoms with Gasteiger partial charge in [-0.25, -0.2) is 0 Å².